The fraction of sp³-hybridized carbons (Fsp3) is 0.435. The van der Waals surface area contributed by atoms with E-state index in [1.54, 1.807) is 0 Å². The molecule has 0 radical (unpaired) electrons. The lowest BCUT2D eigenvalue weighted by atomic mass is 9.87. The highest BCUT2D eigenvalue weighted by Gasteiger charge is 2.33. The van der Waals surface area contributed by atoms with Gasteiger partial charge in [-0.15, -0.1) is 0 Å². The van der Waals surface area contributed by atoms with Crippen LogP contribution in [0.1, 0.15) is 44.2 Å². The number of hydrogen-bond donors (Lipinski definition) is 1. The molecule has 3 rings (SSSR count). The van der Waals surface area contributed by atoms with Crippen LogP contribution in [0.2, 0.25) is 0 Å². The number of nitrogens with one attached hydrogen (secondary N) is 1. The molecule has 1 N–H and O–H groups in total. The van der Waals surface area contributed by atoms with Crippen LogP contribution in [0.4, 0.5) is 0 Å². The molecule has 0 aliphatic carbocycles. The quantitative estimate of drug-likeness (QED) is 0.801. The number of piperidine rings is 1. The zero-order chi connectivity index (χ0) is 19.3. The molecule has 2 aromatic carbocycles. The smallest absolute Gasteiger partial charge is 0.311 e. The second-order valence-electron chi connectivity index (χ2n) is 8.14. The third kappa shape index (κ3) is 5.33. The molecule has 0 saturated carbocycles. The number of rotatable bonds is 5. The molecule has 1 aliphatic heterocycles. The summed E-state index contributed by atoms with van der Waals surface area (Å²) in [6.45, 7) is 7.84. The van der Waals surface area contributed by atoms with Crippen molar-refractivity contribution < 1.29 is 14.3 Å². The van der Waals surface area contributed by atoms with Gasteiger partial charge in [-0.25, -0.2) is 0 Å². The number of hydrogen-bond acceptors (Lipinski definition) is 4. The molecule has 4 heteroatoms. The number of esters is 1. The van der Waals surface area contributed by atoms with E-state index in [1.807, 2.05) is 51.1 Å². The third-order valence-electron chi connectivity index (χ3n) is 4.85. The van der Waals surface area contributed by atoms with E-state index in [1.165, 1.54) is 5.56 Å². The average molecular weight is 367 g/mol. The molecule has 2 aromatic rings. The summed E-state index contributed by atoms with van der Waals surface area (Å²) in [5.74, 6) is 0.907. The van der Waals surface area contributed by atoms with Gasteiger partial charge in [0.1, 0.15) is 18.5 Å². The first kappa shape index (κ1) is 19.4. The maximum Gasteiger partial charge on any atom is 0.311 e. The van der Waals surface area contributed by atoms with Crippen molar-refractivity contribution in [1.29, 1.82) is 0 Å². The van der Waals surface area contributed by atoms with Crippen molar-refractivity contribution >= 4 is 5.97 Å². The summed E-state index contributed by atoms with van der Waals surface area (Å²) < 4.78 is 11.7. The van der Waals surface area contributed by atoms with Crippen molar-refractivity contribution in [3.8, 4) is 5.75 Å². The Kier molecular flexibility index (Phi) is 6.17. The molecule has 1 saturated heterocycles. The highest BCUT2D eigenvalue weighted by atomic mass is 16.5. The Balaban J connectivity index is 1.64. The molecule has 0 bridgehead atoms. The third-order valence-corrected chi connectivity index (χ3v) is 4.85. The Morgan fingerprint density at radius 1 is 1.07 bits per heavy atom. The molecule has 27 heavy (non-hydrogen) atoms. The monoisotopic (exact) mass is 367 g/mol. The summed E-state index contributed by atoms with van der Waals surface area (Å²) in [4.78, 5) is 12.3. The van der Waals surface area contributed by atoms with E-state index >= 15 is 0 Å². The van der Waals surface area contributed by atoms with Crippen molar-refractivity contribution in [3.63, 3.8) is 0 Å². The maximum absolute atomic E-state index is 12.3. The molecule has 0 amide bonds. The van der Waals surface area contributed by atoms with Gasteiger partial charge in [-0.2, -0.15) is 0 Å². The Bertz CT molecular complexity index is 734. The normalized spacial score (nSPS) is 20.1. The van der Waals surface area contributed by atoms with E-state index in [0.717, 1.165) is 24.3 Å². The standard InChI is InChI=1S/C23H29NO3/c1-23(2,3)22(25)27-21-15-24-14-13-20(21)18-9-11-19(12-10-18)26-16-17-7-5-4-6-8-17/h4-12,20-21,24H,13-16H2,1-3H3/t20-,21+/m0/s1. The molecule has 1 aliphatic rings. The molecule has 0 unspecified atom stereocenters. The number of ether oxygens (including phenoxy) is 2. The maximum atomic E-state index is 12.3. The van der Waals surface area contributed by atoms with E-state index in [-0.39, 0.29) is 18.0 Å². The molecule has 1 heterocycles. The van der Waals surface area contributed by atoms with Crippen LogP contribution in [0.3, 0.4) is 0 Å². The van der Waals surface area contributed by atoms with Crippen LogP contribution in [0, 0.1) is 5.41 Å². The Labute approximate surface area is 161 Å². The topological polar surface area (TPSA) is 47.6 Å². The highest BCUT2D eigenvalue weighted by molar-refractivity contribution is 5.75. The lowest BCUT2D eigenvalue weighted by Gasteiger charge is -2.34. The minimum Gasteiger partial charge on any atom is -0.489 e. The van der Waals surface area contributed by atoms with E-state index < -0.39 is 5.41 Å². The first-order chi connectivity index (χ1) is 12.9. The van der Waals surface area contributed by atoms with Gasteiger partial charge >= 0.3 is 5.97 Å². The second-order valence-corrected chi connectivity index (χ2v) is 8.14. The van der Waals surface area contributed by atoms with E-state index in [9.17, 15) is 4.79 Å². The van der Waals surface area contributed by atoms with Crippen LogP contribution >= 0.6 is 0 Å². The SMILES string of the molecule is CC(C)(C)C(=O)O[C@@H]1CNCC[C@H]1c1ccc(OCc2ccccc2)cc1. The van der Waals surface area contributed by atoms with E-state index in [2.05, 4.69) is 29.6 Å². The lowest BCUT2D eigenvalue weighted by molar-refractivity contribution is -0.160. The van der Waals surface area contributed by atoms with Crippen molar-refractivity contribution in [2.45, 2.75) is 45.8 Å². The summed E-state index contributed by atoms with van der Waals surface area (Å²) in [6, 6.07) is 18.3. The molecule has 4 nitrogen and oxygen atoms in total. The van der Waals surface area contributed by atoms with Crippen LogP contribution in [0.5, 0.6) is 5.75 Å². The average Bonchev–Trinajstić information content (AvgIpc) is 2.67. The van der Waals surface area contributed by atoms with Crippen LogP contribution in [-0.4, -0.2) is 25.2 Å². The van der Waals surface area contributed by atoms with Crippen molar-refractivity contribution in [1.82, 2.24) is 5.32 Å². The zero-order valence-electron chi connectivity index (χ0n) is 16.4. The van der Waals surface area contributed by atoms with Crippen molar-refractivity contribution in [2.75, 3.05) is 13.1 Å². The van der Waals surface area contributed by atoms with Crippen molar-refractivity contribution in [3.05, 3.63) is 65.7 Å². The summed E-state index contributed by atoms with van der Waals surface area (Å²) in [6.07, 6.45) is 0.813. The van der Waals surface area contributed by atoms with Gasteiger partial charge in [-0.05, 0) is 57.0 Å². The Hall–Kier alpha value is -2.33. The van der Waals surface area contributed by atoms with Crippen LogP contribution in [0.25, 0.3) is 0 Å². The van der Waals surface area contributed by atoms with Gasteiger partial charge in [-0.1, -0.05) is 42.5 Å². The van der Waals surface area contributed by atoms with Gasteiger partial charge in [0.2, 0.25) is 0 Å². The van der Waals surface area contributed by atoms with Crippen molar-refractivity contribution in [2.24, 2.45) is 5.41 Å². The van der Waals surface area contributed by atoms with Gasteiger partial charge in [0.25, 0.3) is 0 Å². The molecular weight excluding hydrogens is 338 g/mol. The fourth-order valence-electron chi connectivity index (χ4n) is 3.20. The first-order valence-corrected chi connectivity index (χ1v) is 9.62. The molecule has 0 spiro atoms. The van der Waals surface area contributed by atoms with E-state index in [0.29, 0.717) is 13.2 Å². The summed E-state index contributed by atoms with van der Waals surface area (Å²) >= 11 is 0. The predicted molar refractivity (Wildman–Crippen MR) is 107 cm³/mol. The van der Waals surface area contributed by atoms with Gasteiger partial charge in [-0.3, -0.25) is 4.79 Å². The number of carbonyl (C=O) groups excluding carboxylic acids is 1. The molecule has 1 fully saturated rings. The predicted octanol–water partition coefficient (Wildman–Crippen LogP) is 4.30. The van der Waals surface area contributed by atoms with E-state index in [4.69, 9.17) is 9.47 Å². The molecule has 2 atom stereocenters. The summed E-state index contributed by atoms with van der Waals surface area (Å²) in [5, 5.41) is 3.34. The molecule has 144 valence electrons. The van der Waals surface area contributed by atoms with Crippen LogP contribution in [-0.2, 0) is 16.1 Å². The lowest BCUT2D eigenvalue weighted by Crippen LogP contribution is -2.43. The van der Waals surface area contributed by atoms with Gasteiger partial charge in [0.15, 0.2) is 0 Å². The largest absolute Gasteiger partial charge is 0.489 e. The minimum atomic E-state index is -0.489. The summed E-state index contributed by atoms with van der Waals surface area (Å²) in [5.41, 5.74) is 1.85. The molecule has 0 aromatic heterocycles. The number of benzene rings is 2. The second kappa shape index (κ2) is 8.57. The summed E-state index contributed by atoms with van der Waals surface area (Å²) in [7, 11) is 0. The number of carbonyl (C=O) groups is 1. The van der Waals surface area contributed by atoms with Gasteiger partial charge in [0, 0.05) is 12.5 Å². The van der Waals surface area contributed by atoms with Crippen LogP contribution in [0.15, 0.2) is 54.6 Å². The highest BCUT2D eigenvalue weighted by Crippen LogP contribution is 2.31. The van der Waals surface area contributed by atoms with Crippen LogP contribution < -0.4 is 10.1 Å². The fourth-order valence-corrected chi connectivity index (χ4v) is 3.20. The minimum absolute atomic E-state index is 0.137. The molecular formula is C23H29NO3. The Morgan fingerprint density at radius 3 is 2.44 bits per heavy atom. The first-order valence-electron chi connectivity index (χ1n) is 9.62. The Morgan fingerprint density at radius 2 is 1.78 bits per heavy atom. The van der Waals surface area contributed by atoms with Gasteiger partial charge < -0.3 is 14.8 Å². The van der Waals surface area contributed by atoms with Gasteiger partial charge in [0.05, 0.1) is 5.41 Å². The zero-order valence-corrected chi connectivity index (χ0v) is 16.4.